The zero-order valence-corrected chi connectivity index (χ0v) is 13.3. The van der Waals surface area contributed by atoms with Crippen molar-refractivity contribution in [1.29, 1.82) is 0 Å². The number of unbranched alkanes of at least 4 members (excludes halogenated alkanes) is 1. The molecule has 7 nitrogen and oxygen atoms in total. The molecule has 0 saturated carbocycles. The van der Waals surface area contributed by atoms with Gasteiger partial charge in [-0.1, -0.05) is 13.8 Å². The molecule has 0 unspecified atom stereocenters. The lowest BCUT2D eigenvalue weighted by Crippen LogP contribution is -2.25. The molecule has 0 radical (unpaired) electrons. The summed E-state index contributed by atoms with van der Waals surface area (Å²) >= 11 is 0. The largest absolute Gasteiger partial charge is 0.315 e. The number of aryl methyl sites for hydroxylation is 2. The van der Waals surface area contributed by atoms with E-state index >= 15 is 0 Å². The minimum absolute atomic E-state index is 0.0356. The molecule has 2 N–H and O–H groups in total. The molecular formula is C12H23N5O2S. The van der Waals surface area contributed by atoms with Gasteiger partial charge in [0.05, 0.1) is 17.1 Å². The zero-order valence-electron chi connectivity index (χ0n) is 12.5. The van der Waals surface area contributed by atoms with Crippen LogP contribution in [0.3, 0.4) is 0 Å². The van der Waals surface area contributed by atoms with Crippen LogP contribution in [-0.4, -0.2) is 41.9 Å². The number of anilines is 1. The van der Waals surface area contributed by atoms with Crippen molar-refractivity contribution >= 4 is 16.0 Å². The molecule has 0 aliphatic carbocycles. The van der Waals surface area contributed by atoms with E-state index in [9.17, 15) is 8.42 Å². The minimum atomic E-state index is -3.41. The molecule has 0 aliphatic rings. The Morgan fingerprint density at radius 3 is 2.40 bits per heavy atom. The Hall–Kier alpha value is -1.28. The van der Waals surface area contributed by atoms with E-state index in [2.05, 4.69) is 39.1 Å². The fourth-order valence-corrected chi connectivity index (χ4v) is 2.55. The first-order chi connectivity index (χ1) is 9.30. The number of hydrogen-bond acceptors (Lipinski definition) is 6. The van der Waals surface area contributed by atoms with Gasteiger partial charge in [-0.15, -0.1) is 5.10 Å². The van der Waals surface area contributed by atoms with Crippen LogP contribution in [0.2, 0.25) is 0 Å². The first-order valence-corrected chi connectivity index (χ1v) is 8.37. The van der Waals surface area contributed by atoms with Gasteiger partial charge in [0.1, 0.15) is 0 Å². The van der Waals surface area contributed by atoms with Gasteiger partial charge in [0, 0.05) is 6.04 Å². The fourth-order valence-electron chi connectivity index (χ4n) is 1.50. The summed E-state index contributed by atoms with van der Waals surface area (Å²) in [5, 5.41) is 10.8. The van der Waals surface area contributed by atoms with Crippen molar-refractivity contribution in [2.75, 3.05) is 17.0 Å². The highest BCUT2D eigenvalue weighted by molar-refractivity contribution is 7.92. The van der Waals surface area contributed by atoms with E-state index in [-0.39, 0.29) is 11.7 Å². The molecule has 8 heteroatoms. The summed E-state index contributed by atoms with van der Waals surface area (Å²) in [6.45, 7) is 8.47. The molecule has 0 amide bonds. The zero-order chi connectivity index (χ0) is 15.2. The van der Waals surface area contributed by atoms with E-state index in [1.165, 1.54) is 0 Å². The van der Waals surface area contributed by atoms with Crippen molar-refractivity contribution in [1.82, 2.24) is 20.5 Å². The molecule has 0 saturated heterocycles. The number of sulfonamides is 1. The van der Waals surface area contributed by atoms with E-state index in [1.54, 1.807) is 13.8 Å². The molecule has 1 rings (SSSR count). The van der Waals surface area contributed by atoms with Crippen LogP contribution in [-0.2, 0) is 10.0 Å². The number of rotatable bonds is 8. The summed E-state index contributed by atoms with van der Waals surface area (Å²) < 4.78 is 26.1. The monoisotopic (exact) mass is 301 g/mol. The van der Waals surface area contributed by atoms with Gasteiger partial charge < -0.3 is 5.32 Å². The Morgan fingerprint density at radius 2 is 1.80 bits per heavy atom. The van der Waals surface area contributed by atoms with Crippen LogP contribution in [0.4, 0.5) is 5.95 Å². The standard InChI is InChI=1S/C12H23N5O2S/c1-9(2)13-7-5-6-8-20(18,19)17-12-14-10(3)11(4)15-16-12/h9,13H,5-8H2,1-4H3,(H,14,16,17). The van der Waals surface area contributed by atoms with Crippen LogP contribution in [0.5, 0.6) is 0 Å². The van der Waals surface area contributed by atoms with E-state index in [0.29, 0.717) is 23.9 Å². The Balaban J connectivity index is 2.43. The van der Waals surface area contributed by atoms with Gasteiger partial charge >= 0.3 is 0 Å². The smallest absolute Gasteiger partial charge is 0.256 e. The molecule has 0 atom stereocenters. The number of nitrogens with one attached hydrogen (secondary N) is 2. The summed E-state index contributed by atoms with van der Waals surface area (Å²) in [5.41, 5.74) is 1.35. The Labute approximate surface area is 120 Å². The maximum atomic E-state index is 11.9. The van der Waals surface area contributed by atoms with Gasteiger partial charge in [0.25, 0.3) is 5.95 Å². The molecule has 0 aromatic carbocycles. The normalized spacial score (nSPS) is 11.8. The average Bonchev–Trinajstić information content (AvgIpc) is 2.32. The van der Waals surface area contributed by atoms with Crippen LogP contribution in [0.15, 0.2) is 0 Å². The highest BCUT2D eigenvalue weighted by Gasteiger charge is 2.12. The molecule has 1 heterocycles. The second-order valence-electron chi connectivity index (χ2n) is 5.04. The third kappa shape index (κ3) is 6.25. The quantitative estimate of drug-likeness (QED) is 0.696. The van der Waals surface area contributed by atoms with E-state index in [4.69, 9.17) is 0 Å². The van der Waals surface area contributed by atoms with Gasteiger partial charge in [0.2, 0.25) is 10.0 Å². The van der Waals surface area contributed by atoms with Gasteiger partial charge in [-0.2, -0.15) is 5.10 Å². The Bertz CT molecular complexity index is 531. The highest BCUT2D eigenvalue weighted by Crippen LogP contribution is 2.05. The lowest BCUT2D eigenvalue weighted by atomic mass is 10.3. The van der Waals surface area contributed by atoms with E-state index < -0.39 is 10.0 Å². The lowest BCUT2D eigenvalue weighted by molar-refractivity contribution is 0.561. The third-order valence-corrected chi connectivity index (χ3v) is 4.05. The van der Waals surface area contributed by atoms with Crippen LogP contribution >= 0.6 is 0 Å². The molecular weight excluding hydrogens is 278 g/mol. The molecule has 0 bridgehead atoms. The van der Waals surface area contributed by atoms with Gasteiger partial charge in [-0.25, -0.2) is 18.1 Å². The molecule has 1 aromatic heterocycles. The van der Waals surface area contributed by atoms with E-state index in [1.807, 2.05) is 0 Å². The first kappa shape index (κ1) is 16.8. The maximum absolute atomic E-state index is 11.9. The number of hydrogen-bond donors (Lipinski definition) is 2. The Morgan fingerprint density at radius 1 is 1.10 bits per heavy atom. The van der Waals surface area contributed by atoms with Crippen molar-refractivity contribution in [2.24, 2.45) is 0 Å². The highest BCUT2D eigenvalue weighted by atomic mass is 32.2. The van der Waals surface area contributed by atoms with Gasteiger partial charge in [-0.05, 0) is 33.2 Å². The molecule has 0 spiro atoms. The second kappa shape index (κ2) is 7.49. The van der Waals surface area contributed by atoms with Crippen molar-refractivity contribution in [2.45, 2.75) is 46.6 Å². The van der Waals surface area contributed by atoms with Crippen LogP contribution in [0.25, 0.3) is 0 Å². The van der Waals surface area contributed by atoms with Crippen LogP contribution in [0, 0.1) is 13.8 Å². The van der Waals surface area contributed by atoms with Crippen molar-refractivity contribution in [3.8, 4) is 0 Å². The predicted octanol–water partition coefficient (Wildman–Crippen LogP) is 1.01. The topological polar surface area (TPSA) is 96.9 Å². The molecule has 20 heavy (non-hydrogen) atoms. The average molecular weight is 301 g/mol. The summed E-state index contributed by atoms with van der Waals surface area (Å²) in [6, 6.07) is 0.416. The number of aromatic nitrogens is 3. The SMILES string of the molecule is Cc1nnc(NS(=O)(=O)CCCCNC(C)C)nc1C. The first-order valence-electron chi connectivity index (χ1n) is 6.72. The maximum Gasteiger partial charge on any atom is 0.256 e. The minimum Gasteiger partial charge on any atom is -0.315 e. The summed E-state index contributed by atoms with van der Waals surface area (Å²) in [6.07, 6.45) is 1.40. The van der Waals surface area contributed by atoms with Crippen LogP contribution < -0.4 is 10.0 Å². The van der Waals surface area contributed by atoms with Gasteiger partial charge in [0.15, 0.2) is 0 Å². The summed E-state index contributed by atoms with van der Waals surface area (Å²) in [5.74, 6) is 0.0942. The number of nitrogens with zero attached hydrogens (tertiary/aromatic N) is 3. The van der Waals surface area contributed by atoms with Crippen molar-refractivity contribution in [3.05, 3.63) is 11.4 Å². The van der Waals surface area contributed by atoms with E-state index in [0.717, 1.165) is 13.0 Å². The molecule has 0 fully saturated rings. The molecule has 0 aliphatic heterocycles. The second-order valence-corrected chi connectivity index (χ2v) is 6.88. The molecule has 114 valence electrons. The summed E-state index contributed by atoms with van der Waals surface area (Å²) in [7, 11) is -3.41. The van der Waals surface area contributed by atoms with Crippen molar-refractivity contribution < 1.29 is 8.42 Å². The third-order valence-electron chi connectivity index (χ3n) is 2.73. The van der Waals surface area contributed by atoms with Crippen molar-refractivity contribution in [3.63, 3.8) is 0 Å². The fraction of sp³-hybridized carbons (Fsp3) is 0.750. The predicted molar refractivity (Wildman–Crippen MR) is 79.1 cm³/mol. The van der Waals surface area contributed by atoms with Crippen LogP contribution in [0.1, 0.15) is 38.1 Å². The molecule has 1 aromatic rings. The summed E-state index contributed by atoms with van der Waals surface area (Å²) in [4.78, 5) is 4.05. The Kier molecular flexibility index (Phi) is 6.28. The van der Waals surface area contributed by atoms with Gasteiger partial charge in [-0.3, -0.25) is 0 Å². The lowest BCUT2D eigenvalue weighted by Gasteiger charge is -2.09.